The van der Waals surface area contributed by atoms with Crippen LogP contribution in [-0.4, -0.2) is 78.0 Å². The van der Waals surface area contributed by atoms with Gasteiger partial charge < -0.3 is 14.7 Å². The SMILES string of the molecule is CN1CCN(CC(=O)N2CCC(=O)CC2)C(=O)C1=O. The number of likely N-dealkylation sites (tertiary alicyclic amines) is 1. The van der Waals surface area contributed by atoms with Crippen LogP contribution in [0.1, 0.15) is 12.8 Å². The number of carbonyl (C=O) groups excluding carboxylic acids is 4. The second kappa shape index (κ2) is 5.38. The molecule has 2 saturated heterocycles. The number of hydrogen-bond acceptors (Lipinski definition) is 4. The topological polar surface area (TPSA) is 78.0 Å². The molecule has 3 amide bonds. The minimum absolute atomic E-state index is 0.0768. The summed E-state index contributed by atoms with van der Waals surface area (Å²) in [5.74, 6) is -1.24. The number of piperazine rings is 1. The number of hydrogen-bond donors (Lipinski definition) is 0. The van der Waals surface area contributed by atoms with Crippen molar-refractivity contribution >= 4 is 23.5 Å². The van der Waals surface area contributed by atoms with Gasteiger partial charge in [0.2, 0.25) is 5.91 Å². The number of nitrogens with zero attached hydrogens (tertiary/aromatic N) is 3. The van der Waals surface area contributed by atoms with Gasteiger partial charge in [0.15, 0.2) is 0 Å². The summed E-state index contributed by atoms with van der Waals surface area (Å²) in [6.07, 6.45) is 0.753. The van der Waals surface area contributed by atoms with Crippen LogP contribution in [0, 0.1) is 0 Å². The van der Waals surface area contributed by atoms with Crippen LogP contribution in [0.5, 0.6) is 0 Å². The molecule has 0 radical (unpaired) electrons. The predicted molar refractivity (Wildman–Crippen MR) is 65.0 cm³/mol. The van der Waals surface area contributed by atoms with Gasteiger partial charge in [-0.2, -0.15) is 0 Å². The molecule has 2 fully saturated rings. The molecular weight excluding hydrogens is 250 g/mol. The van der Waals surface area contributed by atoms with Gasteiger partial charge in [-0.15, -0.1) is 0 Å². The van der Waals surface area contributed by atoms with Crippen LogP contribution in [-0.2, 0) is 19.2 Å². The van der Waals surface area contributed by atoms with Crippen molar-refractivity contribution in [2.75, 3.05) is 39.8 Å². The van der Waals surface area contributed by atoms with E-state index in [0.29, 0.717) is 39.0 Å². The van der Waals surface area contributed by atoms with E-state index < -0.39 is 11.8 Å². The largest absolute Gasteiger partial charge is 0.340 e. The van der Waals surface area contributed by atoms with Crippen LogP contribution in [0.3, 0.4) is 0 Å². The lowest BCUT2D eigenvalue weighted by molar-refractivity contribution is -0.156. The summed E-state index contributed by atoms with van der Waals surface area (Å²) in [5, 5.41) is 0. The van der Waals surface area contributed by atoms with E-state index in [1.807, 2.05) is 0 Å². The number of piperidine rings is 1. The molecular formula is C12H17N3O4. The Labute approximate surface area is 111 Å². The average Bonchev–Trinajstić information content (AvgIpc) is 2.40. The highest BCUT2D eigenvalue weighted by Crippen LogP contribution is 2.08. The molecule has 2 rings (SSSR count). The van der Waals surface area contributed by atoms with Gasteiger partial charge in [-0.05, 0) is 0 Å². The van der Waals surface area contributed by atoms with E-state index in [4.69, 9.17) is 0 Å². The van der Waals surface area contributed by atoms with E-state index in [0.717, 1.165) is 0 Å². The zero-order valence-electron chi connectivity index (χ0n) is 10.9. The van der Waals surface area contributed by atoms with Gasteiger partial charge in [-0.1, -0.05) is 0 Å². The van der Waals surface area contributed by atoms with Crippen molar-refractivity contribution in [3.8, 4) is 0 Å². The third-order valence-electron chi connectivity index (χ3n) is 3.52. The lowest BCUT2D eigenvalue weighted by Gasteiger charge is -2.33. The number of Topliss-reactive ketones (excluding diaryl/α,β-unsaturated/α-hetero) is 1. The van der Waals surface area contributed by atoms with E-state index in [1.165, 1.54) is 9.80 Å². The second-order valence-corrected chi connectivity index (χ2v) is 4.87. The number of likely N-dealkylation sites (N-methyl/N-ethyl adjacent to an activating group) is 1. The normalized spacial score (nSPS) is 21.1. The standard InChI is InChI=1S/C12H17N3O4/c1-13-6-7-15(12(19)11(13)18)8-10(17)14-4-2-9(16)3-5-14/h2-8H2,1H3. The minimum atomic E-state index is -0.629. The first-order chi connectivity index (χ1) is 8.99. The van der Waals surface area contributed by atoms with Crippen LogP contribution < -0.4 is 0 Å². The van der Waals surface area contributed by atoms with Gasteiger partial charge >= 0.3 is 11.8 Å². The van der Waals surface area contributed by atoms with Crippen molar-refractivity contribution < 1.29 is 19.2 Å². The maximum Gasteiger partial charge on any atom is 0.312 e. The third-order valence-corrected chi connectivity index (χ3v) is 3.52. The van der Waals surface area contributed by atoms with Gasteiger partial charge in [-0.25, -0.2) is 0 Å². The molecule has 19 heavy (non-hydrogen) atoms. The highest BCUT2D eigenvalue weighted by atomic mass is 16.2. The minimum Gasteiger partial charge on any atom is -0.340 e. The van der Waals surface area contributed by atoms with Gasteiger partial charge in [0, 0.05) is 46.1 Å². The molecule has 2 aliphatic heterocycles. The maximum atomic E-state index is 12.0. The Kier molecular flexibility index (Phi) is 3.82. The molecule has 2 heterocycles. The molecule has 2 aliphatic rings. The Morgan fingerprint density at radius 1 is 1.00 bits per heavy atom. The lowest BCUT2D eigenvalue weighted by Crippen LogP contribution is -2.55. The highest BCUT2D eigenvalue weighted by molar-refractivity contribution is 6.35. The first kappa shape index (κ1) is 13.5. The molecule has 0 bridgehead atoms. The molecule has 7 nitrogen and oxygen atoms in total. The summed E-state index contributed by atoms with van der Waals surface area (Å²) in [5.41, 5.74) is 0. The van der Waals surface area contributed by atoms with Crippen molar-refractivity contribution in [1.82, 2.24) is 14.7 Å². The number of rotatable bonds is 2. The van der Waals surface area contributed by atoms with Crippen molar-refractivity contribution in [2.45, 2.75) is 12.8 Å². The molecule has 0 spiro atoms. The second-order valence-electron chi connectivity index (χ2n) is 4.87. The number of carbonyl (C=O) groups is 4. The fraction of sp³-hybridized carbons (Fsp3) is 0.667. The fourth-order valence-corrected chi connectivity index (χ4v) is 2.19. The van der Waals surface area contributed by atoms with Crippen LogP contribution in [0.15, 0.2) is 0 Å². The van der Waals surface area contributed by atoms with E-state index in [2.05, 4.69) is 0 Å². The molecule has 7 heteroatoms. The molecule has 0 N–H and O–H groups in total. The molecule has 104 valence electrons. The quantitative estimate of drug-likeness (QED) is 0.569. The van der Waals surface area contributed by atoms with Gasteiger partial charge in [0.25, 0.3) is 0 Å². The van der Waals surface area contributed by atoms with E-state index >= 15 is 0 Å². The third kappa shape index (κ3) is 2.91. The van der Waals surface area contributed by atoms with Gasteiger partial charge in [0.05, 0.1) is 0 Å². The predicted octanol–water partition coefficient (Wildman–Crippen LogP) is -1.52. The van der Waals surface area contributed by atoms with Gasteiger partial charge in [-0.3, -0.25) is 19.2 Å². The zero-order chi connectivity index (χ0) is 14.0. The van der Waals surface area contributed by atoms with Crippen LogP contribution >= 0.6 is 0 Å². The van der Waals surface area contributed by atoms with Crippen LogP contribution in [0.25, 0.3) is 0 Å². The molecule has 0 saturated carbocycles. The molecule has 0 atom stereocenters. The summed E-state index contributed by atoms with van der Waals surface area (Å²) >= 11 is 0. The van der Waals surface area contributed by atoms with Crippen molar-refractivity contribution in [3.05, 3.63) is 0 Å². The summed E-state index contributed by atoms with van der Waals surface area (Å²) in [6.45, 7) is 1.56. The Morgan fingerprint density at radius 3 is 2.26 bits per heavy atom. The van der Waals surface area contributed by atoms with E-state index in [1.54, 1.807) is 11.9 Å². The smallest absolute Gasteiger partial charge is 0.312 e. The van der Waals surface area contributed by atoms with Crippen LogP contribution in [0.4, 0.5) is 0 Å². The molecule has 0 aromatic heterocycles. The number of ketones is 1. The Bertz CT molecular complexity index is 425. The van der Waals surface area contributed by atoms with Crippen molar-refractivity contribution in [3.63, 3.8) is 0 Å². The Hall–Kier alpha value is -1.92. The van der Waals surface area contributed by atoms with Gasteiger partial charge in [0.1, 0.15) is 12.3 Å². The molecule has 0 aromatic carbocycles. The summed E-state index contributed by atoms with van der Waals surface area (Å²) < 4.78 is 0. The van der Waals surface area contributed by atoms with Crippen LogP contribution in [0.2, 0.25) is 0 Å². The zero-order valence-corrected chi connectivity index (χ0v) is 10.9. The molecule has 0 aromatic rings. The van der Waals surface area contributed by atoms with Crippen molar-refractivity contribution in [2.24, 2.45) is 0 Å². The van der Waals surface area contributed by atoms with E-state index in [9.17, 15) is 19.2 Å². The summed E-state index contributed by atoms with van der Waals surface area (Å²) in [7, 11) is 1.57. The maximum absolute atomic E-state index is 12.0. The average molecular weight is 267 g/mol. The van der Waals surface area contributed by atoms with Crippen molar-refractivity contribution in [1.29, 1.82) is 0 Å². The summed E-state index contributed by atoms with van der Waals surface area (Å²) in [4.78, 5) is 50.5. The first-order valence-corrected chi connectivity index (χ1v) is 6.33. The molecule has 0 aliphatic carbocycles. The first-order valence-electron chi connectivity index (χ1n) is 6.33. The highest BCUT2D eigenvalue weighted by Gasteiger charge is 2.32. The van der Waals surface area contributed by atoms with E-state index in [-0.39, 0.29) is 18.2 Å². The lowest BCUT2D eigenvalue weighted by atomic mass is 10.1. The Morgan fingerprint density at radius 2 is 1.63 bits per heavy atom. The fourth-order valence-electron chi connectivity index (χ4n) is 2.19. The molecule has 0 unspecified atom stereocenters. The summed E-state index contributed by atoms with van der Waals surface area (Å²) in [6, 6.07) is 0. The number of amides is 3. The monoisotopic (exact) mass is 267 g/mol. The Balaban J connectivity index is 1.90.